The zero-order chi connectivity index (χ0) is 12.0. The topological polar surface area (TPSA) is 74.0 Å². The number of nitrogens with one attached hydrogen (secondary N) is 1. The van der Waals surface area contributed by atoms with Crippen LogP contribution in [0.5, 0.6) is 0 Å². The Morgan fingerprint density at radius 2 is 1.94 bits per heavy atom. The van der Waals surface area contributed by atoms with Gasteiger partial charge in [0.1, 0.15) is 5.76 Å². The Bertz CT molecular complexity index is 420. The second-order valence-corrected chi connectivity index (χ2v) is 3.05. The van der Waals surface area contributed by atoms with Crippen LogP contribution in [0.25, 0.3) is 0 Å². The molecule has 1 rings (SSSR count). The predicted octanol–water partition coefficient (Wildman–Crippen LogP) is 2.31. The SMILES string of the molecule is CNC(=O)C(N=Nc1ccccc1)=C(C)O. The van der Waals surface area contributed by atoms with Gasteiger partial charge in [-0.2, -0.15) is 5.11 Å². The van der Waals surface area contributed by atoms with E-state index in [4.69, 9.17) is 0 Å². The fourth-order valence-electron chi connectivity index (χ4n) is 1.00. The second kappa shape index (κ2) is 5.65. The molecule has 0 saturated heterocycles. The van der Waals surface area contributed by atoms with Crippen molar-refractivity contribution in [2.75, 3.05) is 7.05 Å². The van der Waals surface area contributed by atoms with E-state index in [0.717, 1.165) is 0 Å². The van der Waals surface area contributed by atoms with Crippen molar-refractivity contribution in [3.05, 3.63) is 41.8 Å². The molecule has 0 bridgehead atoms. The molecule has 0 unspecified atom stereocenters. The fraction of sp³-hybridized carbons (Fsp3) is 0.182. The molecule has 2 N–H and O–H groups in total. The number of aliphatic hydroxyl groups is 1. The number of allylic oxidation sites excluding steroid dienone is 1. The summed E-state index contributed by atoms with van der Waals surface area (Å²) in [7, 11) is 1.46. The number of hydrogen-bond donors (Lipinski definition) is 2. The van der Waals surface area contributed by atoms with E-state index in [1.165, 1.54) is 14.0 Å². The summed E-state index contributed by atoms with van der Waals surface area (Å²) in [6, 6.07) is 8.97. The van der Waals surface area contributed by atoms with Crippen molar-refractivity contribution < 1.29 is 9.90 Å². The van der Waals surface area contributed by atoms with Gasteiger partial charge in [0.05, 0.1) is 5.69 Å². The number of azo groups is 1. The van der Waals surface area contributed by atoms with E-state index in [1.54, 1.807) is 12.1 Å². The molecule has 0 aliphatic heterocycles. The van der Waals surface area contributed by atoms with Crippen LogP contribution < -0.4 is 5.32 Å². The molecule has 1 aromatic rings. The smallest absolute Gasteiger partial charge is 0.275 e. The Kier molecular flexibility index (Phi) is 4.20. The minimum Gasteiger partial charge on any atom is -0.510 e. The van der Waals surface area contributed by atoms with Gasteiger partial charge in [-0.3, -0.25) is 4.79 Å². The van der Waals surface area contributed by atoms with Gasteiger partial charge in [0, 0.05) is 7.05 Å². The lowest BCUT2D eigenvalue weighted by atomic mass is 10.3. The van der Waals surface area contributed by atoms with E-state index in [0.29, 0.717) is 5.69 Å². The summed E-state index contributed by atoms with van der Waals surface area (Å²) in [6.07, 6.45) is 0. The molecule has 5 nitrogen and oxygen atoms in total. The first-order valence-electron chi connectivity index (χ1n) is 4.74. The fourth-order valence-corrected chi connectivity index (χ4v) is 1.00. The number of nitrogens with zero attached hydrogens (tertiary/aromatic N) is 2. The van der Waals surface area contributed by atoms with Crippen LogP contribution in [0.1, 0.15) is 6.92 Å². The lowest BCUT2D eigenvalue weighted by Crippen LogP contribution is -2.20. The van der Waals surface area contributed by atoms with Gasteiger partial charge in [0.25, 0.3) is 5.91 Å². The Balaban J connectivity index is 2.90. The van der Waals surface area contributed by atoms with Gasteiger partial charge < -0.3 is 10.4 Å². The quantitative estimate of drug-likeness (QED) is 0.465. The van der Waals surface area contributed by atoms with Crippen molar-refractivity contribution in [2.24, 2.45) is 10.2 Å². The predicted molar refractivity (Wildman–Crippen MR) is 60.4 cm³/mol. The van der Waals surface area contributed by atoms with Gasteiger partial charge in [0.15, 0.2) is 5.70 Å². The van der Waals surface area contributed by atoms with Crippen LogP contribution >= 0.6 is 0 Å². The van der Waals surface area contributed by atoms with E-state index in [1.807, 2.05) is 18.2 Å². The van der Waals surface area contributed by atoms with Crippen molar-refractivity contribution in [1.82, 2.24) is 5.32 Å². The largest absolute Gasteiger partial charge is 0.510 e. The highest BCUT2D eigenvalue weighted by Crippen LogP contribution is 2.13. The molecule has 5 heteroatoms. The molecule has 16 heavy (non-hydrogen) atoms. The van der Waals surface area contributed by atoms with Gasteiger partial charge in [0.2, 0.25) is 0 Å². The first kappa shape index (κ1) is 11.9. The molecule has 1 aromatic carbocycles. The standard InChI is InChI=1S/C11H13N3O2/c1-8(15)10(11(16)12-2)14-13-9-6-4-3-5-7-9/h3-7,15H,1-2H3,(H,12,16). The summed E-state index contributed by atoms with van der Waals surface area (Å²) in [6.45, 7) is 1.38. The maximum atomic E-state index is 11.3. The van der Waals surface area contributed by atoms with E-state index in [9.17, 15) is 9.90 Å². The van der Waals surface area contributed by atoms with Crippen LogP contribution in [0.4, 0.5) is 5.69 Å². The van der Waals surface area contributed by atoms with E-state index in [2.05, 4.69) is 15.5 Å². The molecule has 0 spiro atoms. The van der Waals surface area contributed by atoms with Gasteiger partial charge in [-0.15, -0.1) is 5.11 Å². The number of benzene rings is 1. The first-order valence-corrected chi connectivity index (χ1v) is 4.74. The highest BCUT2D eigenvalue weighted by Gasteiger charge is 2.09. The first-order chi connectivity index (χ1) is 7.65. The Hall–Kier alpha value is -2.17. The molecule has 0 heterocycles. The summed E-state index contributed by atoms with van der Waals surface area (Å²) in [5.74, 6) is -0.640. The summed E-state index contributed by atoms with van der Waals surface area (Å²) < 4.78 is 0. The Morgan fingerprint density at radius 3 is 2.44 bits per heavy atom. The average Bonchev–Trinajstić information content (AvgIpc) is 2.30. The summed E-state index contributed by atoms with van der Waals surface area (Å²) >= 11 is 0. The van der Waals surface area contributed by atoms with Crippen molar-refractivity contribution in [1.29, 1.82) is 0 Å². The lowest BCUT2D eigenvalue weighted by Gasteiger charge is -1.99. The van der Waals surface area contributed by atoms with Crippen LogP contribution in [0, 0.1) is 0 Å². The Morgan fingerprint density at radius 1 is 1.31 bits per heavy atom. The van der Waals surface area contributed by atoms with Gasteiger partial charge >= 0.3 is 0 Å². The van der Waals surface area contributed by atoms with E-state index < -0.39 is 5.91 Å². The van der Waals surface area contributed by atoms with Crippen molar-refractivity contribution in [3.63, 3.8) is 0 Å². The number of amides is 1. The molecule has 0 atom stereocenters. The Labute approximate surface area is 93.5 Å². The summed E-state index contributed by atoms with van der Waals surface area (Å²) in [5.41, 5.74) is 0.525. The number of carbonyl (C=O) groups excluding carboxylic acids is 1. The molecular weight excluding hydrogens is 206 g/mol. The number of rotatable bonds is 3. The molecule has 0 radical (unpaired) electrons. The maximum absolute atomic E-state index is 11.3. The normalized spacial score (nSPS) is 12.4. The van der Waals surface area contributed by atoms with Crippen LogP contribution in [0.3, 0.4) is 0 Å². The highest BCUT2D eigenvalue weighted by atomic mass is 16.3. The van der Waals surface area contributed by atoms with E-state index >= 15 is 0 Å². The number of likely N-dealkylation sites (N-methyl/N-ethyl adjacent to an activating group) is 1. The molecule has 0 fully saturated rings. The summed E-state index contributed by atoms with van der Waals surface area (Å²) in [4.78, 5) is 11.3. The van der Waals surface area contributed by atoms with Gasteiger partial charge in [-0.1, -0.05) is 18.2 Å². The van der Waals surface area contributed by atoms with E-state index in [-0.39, 0.29) is 11.5 Å². The number of hydrogen-bond acceptors (Lipinski definition) is 4. The minimum atomic E-state index is -0.473. The molecule has 0 saturated carbocycles. The van der Waals surface area contributed by atoms with Crippen LogP contribution in [-0.4, -0.2) is 18.1 Å². The highest BCUT2D eigenvalue weighted by molar-refractivity contribution is 5.93. The average molecular weight is 219 g/mol. The van der Waals surface area contributed by atoms with Gasteiger partial charge in [-0.25, -0.2) is 0 Å². The minimum absolute atomic E-state index is 0.0913. The molecular formula is C11H13N3O2. The van der Waals surface area contributed by atoms with Crippen LogP contribution in [0.2, 0.25) is 0 Å². The van der Waals surface area contributed by atoms with Crippen LogP contribution in [0.15, 0.2) is 52.0 Å². The molecule has 0 aliphatic rings. The third-order valence-electron chi connectivity index (χ3n) is 1.81. The molecule has 1 amide bonds. The third-order valence-corrected chi connectivity index (χ3v) is 1.81. The van der Waals surface area contributed by atoms with Crippen molar-refractivity contribution in [2.45, 2.75) is 6.92 Å². The van der Waals surface area contributed by atoms with Crippen molar-refractivity contribution >= 4 is 11.6 Å². The lowest BCUT2D eigenvalue weighted by molar-refractivity contribution is -0.117. The molecule has 0 aromatic heterocycles. The van der Waals surface area contributed by atoms with Crippen molar-refractivity contribution in [3.8, 4) is 0 Å². The zero-order valence-corrected chi connectivity index (χ0v) is 9.14. The van der Waals surface area contributed by atoms with Gasteiger partial charge in [-0.05, 0) is 19.1 Å². The number of aliphatic hydroxyl groups excluding tert-OH is 1. The van der Waals surface area contributed by atoms with Crippen LogP contribution in [-0.2, 0) is 4.79 Å². The zero-order valence-electron chi connectivity index (χ0n) is 9.14. The summed E-state index contributed by atoms with van der Waals surface area (Å²) in [5, 5.41) is 19.2. The third kappa shape index (κ3) is 3.20. The second-order valence-electron chi connectivity index (χ2n) is 3.05. The molecule has 0 aliphatic carbocycles. The maximum Gasteiger partial charge on any atom is 0.275 e. The monoisotopic (exact) mass is 219 g/mol. The number of carbonyl (C=O) groups is 1. The molecule has 84 valence electrons.